The lowest BCUT2D eigenvalue weighted by atomic mass is 9.95. The molecule has 0 N–H and O–H groups in total. The summed E-state index contributed by atoms with van der Waals surface area (Å²) in [6, 6.07) is 16.9. The summed E-state index contributed by atoms with van der Waals surface area (Å²) in [5, 5.41) is 1.20. The molecule has 0 unspecified atom stereocenters. The van der Waals surface area contributed by atoms with Crippen molar-refractivity contribution >= 4 is 10.9 Å². The fourth-order valence-electron chi connectivity index (χ4n) is 2.46. The van der Waals surface area contributed by atoms with Gasteiger partial charge in [-0.3, -0.25) is 4.98 Å². The molecule has 0 saturated heterocycles. The third-order valence-electron chi connectivity index (χ3n) is 3.46. The standard InChI is InChI=1S/C17H15N/c1-12-6-3-4-8-15(12)16-10-9-14-7-5-11-18-17(14)13(16)2/h3-11H,1-2H3. The maximum Gasteiger partial charge on any atom is 0.0737 e. The topological polar surface area (TPSA) is 12.9 Å². The molecule has 0 spiro atoms. The van der Waals surface area contributed by atoms with Crippen LogP contribution >= 0.6 is 0 Å². The second-order valence-corrected chi connectivity index (χ2v) is 4.63. The molecule has 3 rings (SSSR count). The zero-order valence-electron chi connectivity index (χ0n) is 10.6. The van der Waals surface area contributed by atoms with Crippen molar-refractivity contribution in [1.29, 1.82) is 0 Å². The van der Waals surface area contributed by atoms with E-state index in [4.69, 9.17) is 0 Å². The molecule has 0 atom stereocenters. The number of aryl methyl sites for hydroxylation is 2. The second kappa shape index (κ2) is 4.26. The lowest BCUT2D eigenvalue weighted by Crippen LogP contribution is -1.90. The van der Waals surface area contributed by atoms with E-state index in [1.165, 1.54) is 27.6 Å². The predicted octanol–water partition coefficient (Wildman–Crippen LogP) is 4.52. The van der Waals surface area contributed by atoms with Crippen molar-refractivity contribution < 1.29 is 0 Å². The first kappa shape index (κ1) is 11.0. The van der Waals surface area contributed by atoms with Crippen molar-refractivity contribution in [3.05, 3.63) is 65.9 Å². The maximum absolute atomic E-state index is 4.50. The van der Waals surface area contributed by atoms with Crippen LogP contribution in [0.4, 0.5) is 0 Å². The van der Waals surface area contributed by atoms with Crippen LogP contribution in [0.1, 0.15) is 11.1 Å². The van der Waals surface area contributed by atoms with Gasteiger partial charge in [-0.25, -0.2) is 0 Å². The molecule has 1 nitrogen and oxygen atoms in total. The molecule has 3 aromatic rings. The summed E-state index contributed by atoms with van der Waals surface area (Å²) in [5.74, 6) is 0. The molecule has 88 valence electrons. The highest BCUT2D eigenvalue weighted by Gasteiger charge is 2.07. The van der Waals surface area contributed by atoms with Crippen LogP contribution in [-0.2, 0) is 0 Å². The van der Waals surface area contributed by atoms with Gasteiger partial charge in [0, 0.05) is 11.6 Å². The molecule has 0 aliphatic rings. The first-order valence-corrected chi connectivity index (χ1v) is 6.18. The second-order valence-electron chi connectivity index (χ2n) is 4.63. The lowest BCUT2D eigenvalue weighted by Gasteiger charge is -2.11. The van der Waals surface area contributed by atoms with Gasteiger partial charge in [0.05, 0.1) is 5.52 Å². The molecule has 1 aromatic heterocycles. The fraction of sp³-hybridized carbons (Fsp3) is 0.118. The highest BCUT2D eigenvalue weighted by Crippen LogP contribution is 2.30. The molecule has 0 aliphatic heterocycles. The van der Waals surface area contributed by atoms with Gasteiger partial charge < -0.3 is 0 Å². The molecule has 0 aliphatic carbocycles. The molecule has 1 heteroatoms. The normalized spacial score (nSPS) is 10.8. The van der Waals surface area contributed by atoms with Gasteiger partial charge in [0.25, 0.3) is 0 Å². The largest absolute Gasteiger partial charge is 0.256 e. The van der Waals surface area contributed by atoms with Crippen molar-refractivity contribution in [2.24, 2.45) is 0 Å². The number of hydrogen-bond acceptors (Lipinski definition) is 1. The number of nitrogens with zero attached hydrogens (tertiary/aromatic N) is 1. The Morgan fingerprint density at radius 2 is 1.61 bits per heavy atom. The smallest absolute Gasteiger partial charge is 0.0737 e. The molecule has 1 heterocycles. The molecule has 0 amide bonds. The summed E-state index contributed by atoms with van der Waals surface area (Å²) in [6.07, 6.45) is 1.86. The Kier molecular flexibility index (Phi) is 2.60. The quantitative estimate of drug-likeness (QED) is 0.602. The number of fused-ring (bicyclic) bond motifs is 1. The Morgan fingerprint density at radius 3 is 2.44 bits per heavy atom. The van der Waals surface area contributed by atoms with E-state index >= 15 is 0 Å². The van der Waals surface area contributed by atoms with E-state index in [2.05, 4.69) is 61.3 Å². The first-order valence-electron chi connectivity index (χ1n) is 6.18. The summed E-state index contributed by atoms with van der Waals surface area (Å²) in [5.41, 5.74) is 6.22. The molecule has 0 saturated carbocycles. The van der Waals surface area contributed by atoms with Crippen LogP contribution < -0.4 is 0 Å². The number of rotatable bonds is 1. The number of aromatic nitrogens is 1. The van der Waals surface area contributed by atoms with E-state index in [0.29, 0.717) is 0 Å². The van der Waals surface area contributed by atoms with Gasteiger partial charge >= 0.3 is 0 Å². The van der Waals surface area contributed by atoms with Crippen molar-refractivity contribution in [2.45, 2.75) is 13.8 Å². The van der Waals surface area contributed by atoms with Crippen LogP contribution in [0.3, 0.4) is 0 Å². The molecule has 0 radical (unpaired) electrons. The van der Waals surface area contributed by atoms with E-state index in [-0.39, 0.29) is 0 Å². The van der Waals surface area contributed by atoms with Gasteiger partial charge in [0.2, 0.25) is 0 Å². The van der Waals surface area contributed by atoms with Crippen molar-refractivity contribution in [3.8, 4) is 11.1 Å². The third kappa shape index (κ3) is 1.68. The Hall–Kier alpha value is -2.15. The Bertz CT molecular complexity index is 714. The summed E-state index contributed by atoms with van der Waals surface area (Å²) >= 11 is 0. The van der Waals surface area contributed by atoms with Crippen LogP contribution in [-0.4, -0.2) is 4.98 Å². The SMILES string of the molecule is Cc1ccccc1-c1ccc2cccnc2c1C. The lowest BCUT2D eigenvalue weighted by molar-refractivity contribution is 1.36. The van der Waals surface area contributed by atoms with Crippen molar-refractivity contribution in [1.82, 2.24) is 4.98 Å². The summed E-state index contributed by atoms with van der Waals surface area (Å²) in [4.78, 5) is 4.50. The van der Waals surface area contributed by atoms with Crippen molar-refractivity contribution in [3.63, 3.8) is 0 Å². The summed E-state index contributed by atoms with van der Waals surface area (Å²) < 4.78 is 0. The average molecular weight is 233 g/mol. The van der Waals surface area contributed by atoms with Gasteiger partial charge in [-0.1, -0.05) is 42.5 Å². The maximum atomic E-state index is 4.50. The van der Waals surface area contributed by atoms with E-state index in [9.17, 15) is 0 Å². The van der Waals surface area contributed by atoms with Crippen LogP contribution in [0, 0.1) is 13.8 Å². The van der Waals surface area contributed by atoms with Crippen LogP contribution in [0.25, 0.3) is 22.0 Å². The zero-order valence-corrected chi connectivity index (χ0v) is 10.6. The van der Waals surface area contributed by atoms with E-state index in [0.717, 1.165) is 5.52 Å². The van der Waals surface area contributed by atoms with Gasteiger partial charge in [-0.2, -0.15) is 0 Å². The minimum atomic E-state index is 1.10. The van der Waals surface area contributed by atoms with Crippen LogP contribution in [0.5, 0.6) is 0 Å². The molecule has 18 heavy (non-hydrogen) atoms. The van der Waals surface area contributed by atoms with E-state index in [1.54, 1.807) is 0 Å². The number of benzene rings is 2. The fourth-order valence-corrected chi connectivity index (χ4v) is 2.46. The predicted molar refractivity (Wildman–Crippen MR) is 76.7 cm³/mol. The minimum absolute atomic E-state index is 1.10. The van der Waals surface area contributed by atoms with Gasteiger partial charge in [0.15, 0.2) is 0 Å². The average Bonchev–Trinajstić information content (AvgIpc) is 2.41. The molecular formula is C17H15N. The number of pyridine rings is 1. The zero-order chi connectivity index (χ0) is 12.5. The van der Waals surface area contributed by atoms with Crippen LogP contribution in [0.2, 0.25) is 0 Å². The van der Waals surface area contributed by atoms with Gasteiger partial charge in [0.1, 0.15) is 0 Å². The third-order valence-corrected chi connectivity index (χ3v) is 3.46. The van der Waals surface area contributed by atoms with Gasteiger partial charge in [-0.15, -0.1) is 0 Å². The Labute approximate surface area is 107 Å². The molecule has 0 fully saturated rings. The Morgan fingerprint density at radius 1 is 0.778 bits per heavy atom. The first-order chi connectivity index (χ1) is 8.77. The molecular weight excluding hydrogens is 218 g/mol. The summed E-state index contributed by atoms with van der Waals surface area (Å²) in [7, 11) is 0. The number of hydrogen-bond donors (Lipinski definition) is 0. The Balaban J connectivity index is 2.31. The summed E-state index contributed by atoms with van der Waals surface area (Å²) in [6.45, 7) is 4.30. The monoisotopic (exact) mass is 233 g/mol. The van der Waals surface area contributed by atoms with E-state index < -0.39 is 0 Å². The van der Waals surface area contributed by atoms with Crippen molar-refractivity contribution in [2.75, 3.05) is 0 Å². The van der Waals surface area contributed by atoms with E-state index in [1.807, 2.05) is 12.3 Å². The van der Waals surface area contributed by atoms with Gasteiger partial charge in [-0.05, 0) is 42.2 Å². The minimum Gasteiger partial charge on any atom is -0.256 e. The molecule has 0 bridgehead atoms. The highest BCUT2D eigenvalue weighted by atomic mass is 14.6. The highest BCUT2D eigenvalue weighted by molar-refractivity contribution is 5.89. The molecule has 2 aromatic carbocycles. The van der Waals surface area contributed by atoms with Crippen LogP contribution in [0.15, 0.2) is 54.7 Å².